The third kappa shape index (κ3) is 3.21. The Morgan fingerprint density at radius 3 is 1.84 bits per heavy atom. The Bertz CT molecular complexity index is 678. The van der Waals surface area contributed by atoms with Gasteiger partial charge in [0.25, 0.3) is 0 Å². The summed E-state index contributed by atoms with van der Waals surface area (Å²) in [7, 11) is 0. The molecule has 0 atom stereocenters. The maximum Gasteiger partial charge on any atom is 0.137 e. The molecule has 0 spiro atoms. The van der Waals surface area contributed by atoms with Gasteiger partial charge in [-0.3, -0.25) is 0 Å². The first kappa shape index (κ1) is 13.5. The number of nitrogens with two attached hydrogens (primary N) is 1. The molecule has 5 nitrogen and oxygen atoms in total. The van der Waals surface area contributed by atoms with Crippen LogP contribution in [-0.2, 0) is 0 Å². The van der Waals surface area contributed by atoms with Gasteiger partial charge in [-0.05, 0) is 23.8 Å². The second-order valence-corrected chi connectivity index (χ2v) is 3.42. The number of anilines is 1. The quantitative estimate of drug-likeness (QED) is 0.485. The molecule has 0 aliphatic rings. The van der Waals surface area contributed by atoms with Crippen molar-refractivity contribution in [3.8, 4) is 24.3 Å². The number of nitrogen functional groups attached to an aromatic ring is 1. The lowest BCUT2D eigenvalue weighted by Gasteiger charge is -2.03. The molecule has 0 saturated carbocycles. The van der Waals surface area contributed by atoms with Gasteiger partial charge in [-0.25, -0.2) is 0 Å². The summed E-state index contributed by atoms with van der Waals surface area (Å²) >= 11 is 0. The summed E-state index contributed by atoms with van der Waals surface area (Å²) in [5, 5.41) is 35.3. The van der Waals surface area contributed by atoms with E-state index < -0.39 is 0 Å². The zero-order valence-corrected chi connectivity index (χ0v) is 9.75. The van der Waals surface area contributed by atoms with Crippen molar-refractivity contribution < 1.29 is 0 Å². The van der Waals surface area contributed by atoms with Crippen LogP contribution in [0.4, 0.5) is 5.69 Å². The predicted molar refractivity (Wildman–Crippen MR) is 68.3 cm³/mol. The fourth-order valence-electron chi connectivity index (χ4n) is 1.34. The van der Waals surface area contributed by atoms with E-state index in [1.54, 1.807) is 48.5 Å². The van der Waals surface area contributed by atoms with Gasteiger partial charge >= 0.3 is 0 Å². The van der Waals surface area contributed by atoms with Crippen LogP contribution in [0.5, 0.6) is 0 Å². The van der Waals surface area contributed by atoms with Crippen molar-refractivity contribution in [3.63, 3.8) is 0 Å². The topological polar surface area (TPSA) is 121 Å². The van der Waals surface area contributed by atoms with Gasteiger partial charge < -0.3 is 5.73 Å². The van der Waals surface area contributed by atoms with Crippen LogP contribution in [0.1, 0.15) is 5.56 Å². The van der Waals surface area contributed by atoms with E-state index >= 15 is 0 Å². The highest BCUT2D eigenvalue weighted by atomic mass is 14.5. The van der Waals surface area contributed by atoms with Crippen LogP contribution in [0, 0.1) is 45.3 Å². The van der Waals surface area contributed by atoms with E-state index in [1.807, 2.05) is 0 Å². The molecule has 1 aromatic rings. The van der Waals surface area contributed by atoms with Crippen molar-refractivity contribution in [3.05, 3.63) is 47.1 Å². The zero-order chi connectivity index (χ0) is 14.3. The lowest BCUT2D eigenvalue weighted by atomic mass is 9.98. The van der Waals surface area contributed by atoms with Gasteiger partial charge in [0, 0.05) is 11.3 Å². The van der Waals surface area contributed by atoms with Crippen LogP contribution in [0.2, 0.25) is 0 Å². The maximum absolute atomic E-state index is 8.92. The van der Waals surface area contributed by atoms with Crippen LogP contribution in [0.3, 0.4) is 0 Å². The predicted octanol–water partition coefficient (Wildman–Crippen LogP) is 2.04. The highest BCUT2D eigenvalue weighted by Crippen LogP contribution is 2.22. The van der Waals surface area contributed by atoms with Gasteiger partial charge in [-0.15, -0.1) is 0 Å². The molecule has 0 radical (unpaired) electrons. The molecular formula is C14H7N5. The summed E-state index contributed by atoms with van der Waals surface area (Å²) < 4.78 is 0. The second-order valence-electron chi connectivity index (χ2n) is 3.42. The molecule has 0 aromatic heterocycles. The lowest BCUT2D eigenvalue weighted by Crippen LogP contribution is -1.90. The van der Waals surface area contributed by atoms with E-state index in [2.05, 4.69) is 0 Å². The summed E-state index contributed by atoms with van der Waals surface area (Å²) in [6.07, 6.45) is 1.22. The van der Waals surface area contributed by atoms with Crippen LogP contribution >= 0.6 is 0 Å². The molecule has 1 rings (SSSR count). The minimum absolute atomic E-state index is 0.173. The Morgan fingerprint density at radius 1 is 0.895 bits per heavy atom. The second kappa shape index (κ2) is 6.26. The van der Waals surface area contributed by atoms with Crippen molar-refractivity contribution in [2.75, 3.05) is 5.73 Å². The molecule has 0 fully saturated rings. The van der Waals surface area contributed by atoms with Crippen molar-refractivity contribution in [1.29, 1.82) is 21.0 Å². The van der Waals surface area contributed by atoms with E-state index in [-0.39, 0.29) is 16.7 Å². The van der Waals surface area contributed by atoms with Crippen molar-refractivity contribution in [2.45, 2.75) is 0 Å². The third-order valence-electron chi connectivity index (χ3n) is 2.24. The Morgan fingerprint density at radius 2 is 1.42 bits per heavy atom. The first-order valence-electron chi connectivity index (χ1n) is 5.08. The van der Waals surface area contributed by atoms with Crippen LogP contribution in [0.25, 0.3) is 5.57 Å². The van der Waals surface area contributed by atoms with Gasteiger partial charge in [-0.1, -0.05) is 12.1 Å². The molecule has 5 heteroatoms. The van der Waals surface area contributed by atoms with Gasteiger partial charge in [-0.2, -0.15) is 21.0 Å². The SMILES string of the molecule is N#CC(C#N)=CC(=C(C#N)C#N)c1ccc(N)cc1. The Hall–Kier alpha value is -3.54. The molecular weight excluding hydrogens is 238 g/mol. The molecule has 0 aliphatic heterocycles. The van der Waals surface area contributed by atoms with Crippen molar-refractivity contribution >= 4 is 11.3 Å². The number of hydrogen-bond donors (Lipinski definition) is 1. The number of nitrogens with zero attached hydrogens (tertiary/aromatic N) is 4. The number of rotatable bonds is 2. The third-order valence-corrected chi connectivity index (χ3v) is 2.24. The first-order valence-corrected chi connectivity index (χ1v) is 5.08. The Kier molecular flexibility index (Phi) is 4.45. The summed E-state index contributed by atoms with van der Waals surface area (Å²) in [4.78, 5) is 0. The summed E-state index contributed by atoms with van der Waals surface area (Å²) in [6, 6.07) is 13.3. The van der Waals surface area contributed by atoms with Gasteiger partial charge in [0.15, 0.2) is 0 Å². The molecule has 0 amide bonds. The fraction of sp³-hybridized carbons (Fsp3) is 0. The van der Waals surface area contributed by atoms with Crippen molar-refractivity contribution in [2.24, 2.45) is 0 Å². The average Bonchev–Trinajstić information content (AvgIpc) is 2.45. The average molecular weight is 245 g/mol. The minimum atomic E-state index is -0.185. The van der Waals surface area contributed by atoms with Gasteiger partial charge in [0.05, 0.1) is 0 Å². The van der Waals surface area contributed by atoms with Crippen LogP contribution in [0.15, 0.2) is 41.5 Å². The first-order chi connectivity index (χ1) is 9.15. The number of benzene rings is 1. The summed E-state index contributed by atoms with van der Waals surface area (Å²) in [5.41, 5.74) is 6.49. The van der Waals surface area contributed by atoms with E-state index in [4.69, 9.17) is 26.8 Å². The zero-order valence-electron chi connectivity index (χ0n) is 9.75. The molecule has 0 aliphatic carbocycles. The lowest BCUT2D eigenvalue weighted by molar-refractivity contribution is 1.44. The summed E-state index contributed by atoms with van der Waals surface area (Å²) in [5.74, 6) is 0. The highest BCUT2D eigenvalue weighted by Gasteiger charge is 2.08. The van der Waals surface area contributed by atoms with Crippen molar-refractivity contribution in [1.82, 2.24) is 0 Å². The molecule has 2 N–H and O–H groups in total. The highest BCUT2D eigenvalue weighted by molar-refractivity contribution is 5.84. The molecule has 0 unspecified atom stereocenters. The molecule has 0 saturated heterocycles. The normalized spacial score (nSPS) is 8.00. The molecule has 19 heavy (non-hydrogen) atoms. The van der Waals surface area contributed by atoms with Gasteiger partial charge in [0.2, 0.25) is 0 Å². The van der Waals surface area contributed by atoms with E-state index in [0.29, 0.717) is 11.3 Å². The van der Waals surface area contributed by atoms with E-state index in [1.165, 1.54) is 6.08 Å². The maximum atomic E-state index is 8.92. The monoisotopic (exact) mass is 245 g/mol. The largest absolute Gasteiger partial charge is 0.399 e. The Labute approximate surface area is 110 Å². The molecule has 0 bridgehead atoms. The number of hydrogen-bond acceptors (Lipinski definition) is 5. The molecule has 0 heterocycles. The minimum Gasteiger partial charge on any atom is -0.399 e. The molecule has 88 valence electrons. The fourth-order valence-corrected chi connectivity index (χ4v) is 1.34. The standard InChI is InChI=1S/C14H7N5/c15-6-10(7-16)5-14(12(8-17)9-18)11-1-3-13(19)4-2-11/h1-5H,19H2. The van der Waals surface area contributed by atoms with E-state index in [9.17, 15) is 0 Å². The molecule has 1 aromatic carbocycles. The number of allylic oxidation sites excluding steroid dienone is 4. The van der Waals surface area contributed by atoms with E-state index in [0.717, 1.165) is 0 Å². The summed E-state index contributed by atoms with van der Waals surface area (Å²) in [6.45, 7) is 0. The van der Waals surface area contributed by atoms with Crippen LogP contribution < -0.4 is 5.73 Å². The van der Waals surface area contributed by atoms with Crippen LogP contribution in [-0.4, -0.2) is 0 Å². The Balaban J connectivity index is 3.54. The smallest absolute Gasteiger partial charge is 0.137 e. The van der Waals surface area contributed by atoms with Gasteiger partial charge in [0.1, 0.15) is 35.4 Å². The number of nitriles is 4.